The van der Waals surface area contributed by atoms with E-state index < -0.39 is 15.1 Å². The second-order valence-corrected chi connectivity index (χ2v) is 9.41. The SMILES string of the molecule is CCOc1ccc(CC(=O)NCC(c2cccnc2)S(=O)(=O)c2ccc(OCC)cc2)cc1. The van der Waals surface area contributed by atoms with Gasteiger partial charge in [0.25, 0.3) is 0 Å². The Kier molecular flexibility index (Phi) is 8.43. The van der Waals surface area contributed by atoms with Crippen LogP contribution in [0.3, 0.4) is 0 Å². The van der Waals surface area contributed by atoms with E-state index >= 15 is 0 Å². The highest BCUT2D eigenvalue weighted by atomic mass is 32.2. The van der Waals surface area contributed by atoms with Crippen molar-refractivity contribution in [1.82, 2.24) is 10.3 Å². The number of pyridine rings is 1. The largest absolute Gasteiger partial charge is 0.494 e. The lowest BCUT2D eigenvalue weighted by molar-refractivity contribution is -0.120. The molecule has 174 valence electrons. The van der Waals surface area contributed by atoms with E-state index in [4.69, 9.17) is 9.47 Å². The predicted octanol–water partition coefficient (Wildman–Crippen LogP) is 3.75. The van der Waals surface area contributed by atoms with Gasteiger partial charge in [0.2, 0.25) is 5.91 Å². The minimum absolute atomic E-state index is 0.0723. The molecular weight excluding hydrogens is 440 g/mol. The van der Waals surface area contributed by atoms with Crippen LogP contribution in [-0.2, 0) is 21.1 Å². The number of benzene rings is 2. The number of carbonyl (C=O) groups is 1. The molecule has 3 rings (SSSR count). The molecule has 0 fully saturated rings. The van der Waals surface area contributed by atoms with Crippen LogP contribution < -0.4 is 14.8 Å². The van der Waals surface area contributed by atoms with Gasteiger partial charge in [-0.15, -0.1) is 0 Å². The van der Waals surface area contributed by atoms with Crippen LogP contribution in [0.2, 0.25) is 0 Å². The summed E-state index contributed by atoms with van der Waals surface area (Å²) in [6.07, 6.45) is 3.22. The molecule has 1 N–H and O–H groups in total. The smallest absolute Gasteiger partial charge is 0.224 e. The molecule has 1 unspecified atom stereocenters. The maximum Gasteiger partial charge on any atom is 0.224 e. The summed E-state index contributed by atoms with van der Waals surface area (Å²) in [5.74, 6) is 1.06. The van der Waals surface area contributed by atoms with E-state index in [-0.39, 0.29) is 23.8 Å². The first-order valence-corrected chi connectivity index (χ1v) is 12.3. The summed E-state index contributed by atoms with van der Waals surface area (Å²) in [6, 6.07) is 16.9. The minimum atomic E-state index is -3.79. The van der Waals surface area contributed by atoms with E-state index in [1.807, 2.05) is 26.0 Å². The molecule has 33 heavy (non-hydrogen) atoms. The minimum Gasteiger partial charge on any atom is -0.494 e. The second kappa shape index (κ2) is 11.5. The highest BCUT2D eigenvalue weighted by molar-refractivity contribution is 7.91. The van der Waals surface area contributed by atoms with Gasteiger partial charge in [-0.05, 0) is 67.4 Å². The van der Waals surface area contributed by atoms with Gasteiger partial charge in [0.05, 0.1) is 24.5 Å². The number of hydrogen-bond acceptors (Lipinski definition) is 6. The lowest BCUT2D eigenvalue weighted by Gasteiger charge is -2.19. The summed E-state index contributed by atoms with van der Waals surface area (Å²) >= 11 is 0. The van der Waals surface area contributed by atoms with Crippen LogP contribution in [0.4, 0.5) is 0 Å². The van der Waals surface area contributed by atoms with Gasteiger partial charge in [-0.2, -0.15) is 0 Å². The molecule has 0 radical (unpaired) electrons. The predicted molar refractivity (Wildman–Crippen MR) is 126 cm³/mol. The summed E-state index contributed by atoms with van der Waals surface area (Å²) in [6.45, 7) is 4.75. The van der Waals surface area contributed by atoms with Crippen LogP contribution in [-0.4, -0.2) is 39.1 Å². The van der Waals surface area contributed by atoms with Crippen molar-refractivity contribution in [2.24, 2.45) is 0 Å². The highest BCUT2D eigenvalue weighted by Crippen LogP contribution is 2.29. The lowest BCUT2D eigenvalue weighted by Crippen LogP contribution is -2.33. The van der Waals surface area contributed by atoms with Gasteiger partial charge >= 0.3 is 0 Å². The number of nitrogens with one attached hydrogen (secondary N) is 1. The lowest BCUT2D eigenvalue weighted by atomic mass is 10.1. The molecular formula is C25H28N2O5S. The Morgan fingerprint density at radius 3 is 2.09 bits per heavy atom. The molecule has 0 bridgehead atoms. The quantitative estimate of drug-likeness (QED) is 0.461. The number of hydrogen-bond donors (Lipinski definition) is 1. The standard InChI is InChI=1S/C25H28N2O5S/c1-3-31-21-9-7-19(8-10-21)16-25(28)27-18-24(20-6-5-15-26-17-20)33(29,30)23-13-11-22(12-14-23)32-4-2/h5-15,17,24H,3-4,16,18H2,1-2H3,(H,27,28). The van der Waals surface area contributed by atoms with Crippen LogP contribution in [0.15, 0.2) is 78.0 Å². The van der Waals surface area contributed by atoms with Crippen molar-refractivity contribution in [3.8, 4) is 11.5 Å². The number of carbonyl (C=O) groups excluding carboxylic acids is 1. The Hall–Kier alpha value is -3.39. The van der Waals surface area contributed by atoms with Gasteiger partial charge in [0.1, 0.15) is 16.7 Å². The molecule has 0 spiro atoms. The van der Waals surface area contributed by atoms with E-state index in [9.17, 15) is 13.2 Å². The van der Waals surface area contributed by atoms with Crippen molar-refractivity contribution < 1.29 is 22.7 Å². The van der Waals surface area contributed by atoms with Crippen molar-refractivity contribution in [3.63, 3.8) is 0 Å². The Morgan fingerprint density at radius 2 is 1.55 bits per heavy atom. The number of ether oxygens (including phenoxy) is 2. The molecule has 1 atom stereocenters. The molecule has 0 aliphatic heterocycles. The van der Waals surface area contributed by atoms with Crippen LogP contribution in [0.1, 0.15) is 30.2 Å². The zero-order valence-corrected chi connectivity index (χ0v) is 19.5. The van der Waals surface area contributed by atoms with Gasteiger partial charge < -0.3 is 14.8 Å². The van der Waals surface area contributed by atoms with E-state index in [2.05, 4.69) is 10.3 Å². The van der Waals surface area contributed by atoms with Crippen molar-refractivity contribution in [2.45, 2.75) is 30.4 Å². The molecule has 1 heterocycles. The first-order chi connectivity index (χ1) is 15.9. The number of rotatable bonds is 11. The van der Waals surface area contributed by atoms with Gasteiger partial charge in [-0.3, -0.25) is 9.78 Å². The van der Waals surface area contributed by atoms with Crippen molar-refractivity contribution >= 4 is 15.7 Å². The molecule has 0 saturated carbocycles. The molecule has 0 saturated heterocycles. The van der Waals surface area contributed by atoms with E-state index in [0.29, 0.717) is 24.5 Å². The van der Waals surface area contributed by atoms with E-state index in [1.165, 1.54) is 18.3 Å². The monoisotopic (exact) mass is 468 g/mol. The van der Waals surface area contributed by atoms with Crippen LogP contribution >= 0.6 is 0 Å². The average Bonchev–Trinajstić information content (AvgIpc) is 2.82. The molecule has 8 heteroatoms. The third kappa shape index (κ3) is 6.55. The fourth-order valence-corrected chi connectivity index (χ4v) is 5.00. The van der Waals surface area contributed by atoms with Crippen LogP contribution in [0.25, 0.3) is 0 Å². The van der Waals surface area contributed by atoms with Gasteiger partial charge in [0, 0.05) is 18.9 Å². The molecule has 7 nitrogen and oxygen atoms in total. The van der Waals surface area contributed by atoms with Crippen LogP contribution in [0, 0.1) is 0 Å². The third-order valence-corrected chi connectivity index (χ3v) is 7.09. The number of sulfone groups is 1. The fraction of sp³-hybridized carbons (Fsp3) is 0.280. The van der Waals surface area contributed by atoms with E-state index in [0.717, 1.165) is 11.3 Å². The van der Waals surface area contributed by atoms with Crippen LogP contribution in [0.5, 0.6) is 11.5 Å². The Labute approximate surface area is 194 Å². The number of nitrogens with zero attached hydrogens (tertiary/aromatic N) is 1. The highest BCUT2D eigenvalue weighted by Gasteiger charge is 2.30. The first kappa shape index (κ1) is 24.3. The average molecular weight is 469 g/mol. The van der Waals surface area contributed by atoms with Crippen molar-refractivity contribution in [3.05, 3.63) is 84.2 Å². The van der Waals surface area contributed by atoms with Gasteiger partial charge in [0.15, 0.2) is 9.84 Å². The van der Waals surface area contributed by atoms with Gasteiger partial charge in [-0.1, -0.05) is 18.2 Å². The molecule has 1 amide bonds. The number of aromatic nitrogens is 1. The molecule has 1 aromatic heterocycles. The summed E-state index contributed by atoms with van der Waals surface area (Å²) in [5, 5.41) is 1.80. The Bertz CT molecular complexity index is 1130. The fourth-order valence-electron chi connectivity index (χ4n) is 3.35. The number of amides is 1. The molecule has 0 aliphatic rings. The third-order valence-electron chi connectivity index (χ3n) is 4.98. The maximum absolute atomic E-state index is 13.4. The summed E-state index contributed by atoms with van der Waals surface area (Å²) < 4.78 is 37.7. The zero-order valence-electron chi connectivity index (χ0n) is 18.7. The Balaban J connectivity index is 1.75. The van der Waals surface area contributed by atoms with E-state index in [1.54, 1.807) is 42.6 Å². The first-order valence-electron chi connectivity index (χ1n) is 10.8. The summed E-state index contributed by atoms with van der Waals surface area (Å²) in [5.41, 5.74) is 1.32. The molecule has 3 aromatic rings. The molecule has 0 aliphatic carbocycles. The van der Waals surface area contributed by atoms with Crippen molar-refractivity contribution in [1.29, 1.82) is 0 Å². The zero-order chi connectivity index (χ0) is 23.7. The maximum atomic E-state index is 13.4. The summed E-state index contributed by atoms with van der Waals surface area (Å²) in [7, 11) is -3.79. The van der Waals surface area contributed by atoms with Crippen molar-refractivity contribution in [2.75, 3.05) is 19.8 Å². The normalized spacial score (nSPS) is 12.1. The topological polar surface area (TPSA) is 94.6 Å². The van der Waals surface area contributed by atoms with Gasteiger partial charge in [-0.25, -0.2) is 8.42 Å². The summed E-state index contributed by atoms with van der Waals surface area (Å²) in [4.78, 5) is 16.8. The second-order valence-electron chi connectivity index (χ2n) is 7.28. The molecule has 2 aromatic carbocycles. The Morgan fingerprint density at radius 1 is 0.939 bits per heavy atom.